The fourth-order valence-electron chi connectivity index (χ4n) is 3.50. The lowest BCUT2D eigenvalue weighted by Gasteiger charge is -2.49. The average Bonchev–Trinajstić information content (AvgIpc) is 2.29. The molecule has 13 heavy (non-hydrogen) atoms. The van der Waals surface area contributed by atoms with Gasteiger partial charge in [0, 0.05) is 25.7 Å². The first-order chi connectivity index (χ1) is 6.05. The molecule has 0 aromatic carbocycles. The van der Waals surface area contributed by atoms with Crippen LogP contribution in [0.2, 0.25) is 0 Å². The Morgan fingerprint density at radius 3 is 2.00 bits per heavy atom. The van der Waals surface area contributed by atoms with Crippen molar-refractivity contribution in [2.75, 3.05) is 7.05 Å². The van der Waals surface area contributed by atoms with E-state index in [1.54, 1.807) is 0 Å². The Morgan fingerprint density at radius 2 is 1.62 bits per heavy atom. The fraction of sp³-hybridized carbons (Fsp3) is 1.00. The number of quaternary nitrogens is 1. The summed E-state index contributed by atoms with van der Waals surface area (Å²) in [5.74, 6) is 0. The Labute approximate surface area is 81.1 Å². The van der Waals surface area contributed by atoms with Gasteiger partial charge in [-0.05, 0) is 13.8 Å². The molecular weight excluding hydrogens is 162 g/mol. The second kappa shape index (κ2) is 2.96. The van der Waals surface area contributed by atoms with E-state index in [9.17, 15) is 5.11 Å². The van der Waals surface area contributed by atoms with Gasteiger partial charge in [0.1, 0.15) is 0 Å². The molecule has 2 fully saturated rings. The SMILES string of the molecule is CC(C)[N@+]1(C)[C@@H]2CC[C@@H]1C[C@H](O)C2. The molecule has 1 N–H and O–H groups in total. The third kappa shape index (κ3) is 1.23. The van der Waals surface area contributed by atoms with Crippen molar-refractivity contribution < 1.29 is 9.59 Å². The summed E-state index contributed by atoms with van der Waals surface area (Å²) in [6.45, 7) is 4.64. The van der Waals surface area contributed by atoms with Crippen molar-refractivity contribution in [2.45, 2.75) is 63.8 Å². The van der Waals surface area contributed by atoms with Crippen LogP contribution in [-0.2, 0) is 0 Å². The van der Waals surface area contributed by atoms with Crippen LogP contribution in [0.15, 0.2) is 0 Å². The number of nitrogens with zero attached hydrogens (tertiary/aromatic N) is 1. The van der Waals surface area contributed by atoms with Gasteiger partial charge in [-0.3, -0.25) is 0 Å². The molecule has 2 heteroatoms. The zero-order valence-corrected chi connectivity index (χ0v) is 9.03. The zero-order chi connectivity index (χ0) is 9.64. The molecule has 0 aromatic rings. The smallest absolute Gasteiger partial charge is 0.0919 e. The van der Waals surface area contributed by atoms with E-state index in [4.69, 9.17) is 0 Å². The molecule has 0 spiro atoms. The van der Waals surface area contributed by atoms with Crippen LogP contribution in [0.1, 0.15) is 39.5 Å². The van der Waals surface area contributed by atoms with Gasteiger partial charge in [0.25, 0.3) is 0 Å². The second-order valence-corrected chi connectivity index (χ2v) is 5.33. The van der Waals surface area contributed by atoms with E-state index in [2.05, 4.69) is 20.9 Å². The van der Waals surface area contributed by atoms with Gasteiger partial charge < -0.3 is 9.59 Å². The van der Waals surface area contributed by atoms with Crippen molar-refractivity contribution >= 4 is 0 Å². The van der Waals surface area contributed by atoms with Crippen molar-refractivity contribution in [1.29, 1.82) is 0 Å². The molecule has 2 rings (SSSR count). The Morgan fingerprint density at radius 1 is 1.15 bits per heavy atom. The summed E-state index contributed by atoms with van der Waals surface area (Å²) in [4.78, 5) is 0. The number of hydrogen-bond acceptors (Lipinski definition) is 1. The second-order valence-electron chi connectivity index (χ2n) is 5.33. The third-order valence-corrected chi connectivity index (χ3v) is 4.61. The first-order valence-corrected chi connectivity index (χ1v) is 5.58. The highest BCUT2D eigenvalue weighted by Gasteiger charge is 2.52. The van der Waals surface area contributed by atoms with Crippen LogP contribution in [0.25, 0.3) is 0 Å². The molecule has 2 nitrogen and oxygen atoms in total. The predicted molar refractivity (Wildman–Crippen MR) is 53.4 cm³/mol. The maximum atomic E-state index is 9.69. The molecule has 2 atom stereocenters. The third-order valence-electron chi connectivity index (χ3n) is 4.61. The van der Waals surface area contributed by atoms with Crippen LogP contribution in [0.4, 0.5) is 0 Å². The molecule has 0 radical (unpaired) electrons. The monoisotopic (exact) mass is 184 g/mol. The van der Waals surface area contributed by atoms with Crippen molar-refractivity contribution in [1.82, 2.24) is 0 Å². The van der Waals surface area contributed by atoms with Crippen LogP contribution < -0.4 is 0 Å². The van der Waals surface area contributed by atoms with Gasteiger partial charge >= 0.3 is 0 Å². The van der Waals surface area contributed by atoms with Crippen molar-refractivity contribution in [3.8, 4) is 0 Å². The topological polar surface area (TPSA) is 20.2 Å². The average molecular weight is 184 g/mol. The van der Waals surface area contributed by atoms with Crippen LogP contribution in [0.5, 0.6) is 0 Å². The maximum Gasteiger partial charge on any atom is 0.0919 e. The highest BCUT2D eigenvalue weighted by Crippen LogP contribution is 2.42. The van der Waals surface area contributed by atoms with Gasteiger partial charge in [-0.2, -0.15) is 0 Å². The molecule has 2 heterocycles. The van der Waals surface area contributed by atoms with Crippen molar-refractivity contribution in [3.05, 3.63) is 0 Å². The Kier molecular flexibility index (Phi) is 2.16. The summed E-state index contributed by atoms with van der Waals surface area (Å²) in [6.07, 6.45) is 4.71. The number of fused-ring (bicyclic) bond motifs is 2. The number of rotatable bonds is 1. The van der Waals surface area contributed by atoms with E-state index in [-0.39, 0.29) is 6.10 Å². The summed E-state index contributed by atoms with van der Waals surface area (Å²) < 4.78 is 1.22. The van der Waals surface area contributed by atoms with Gasteiger partial charge in [-0.15, -0.1) is 0 Å². The van der Waals surface area contributed by atoms with Crippen LogP contribution in [0, 0.1) is 0 Å². The molecule has 0 saturated carbocycles. The molecule has 0 aliphatic carbocycles. The summed E-state index contributed by atoms with van der Waals surface area (Å²) >= 11 is 0. The maximum absolute atomic E-state index is 9.69. The van der Waals surface area contributed by atoms with E-state index >= 15 is 0 Å². The predicted octanol–water partition coefficient (Wildman–Crippen LogP) is 1.53. The van der Waals surface area contributed by atoms with Crippen molar-refractivity contribution in [3.63, 3.8) is 0 Å². The molecule has 0 aromatic heterocycles. The number of piperidine rings is 1. The summed E-state index contributed by atoms with van der Waals surface area (Å²) in [7, 11) is 2.39. The molecule has 2 aliphatic rings. The van der Waals surface area contributed by atoms with Gasteiger partial charge in [0.2, 0.25) is 0 Å². The standard InChI is InChI=1S/C11H22NO/c1-8(2)12(3)9-4-5-10(12)7-11(13)6-9/h8-11,13H,4-7H2,1-3H3/q+1/t9-,10-,11-,12-/m1/s1. The summed E-state index contributed by atoms with van der Waals surface area (Å²) in [5.41, 5.74) is 0. The first kappa shape index (κ1) is 9.47. The fourth-order valence-corrected chi connectivity index (χ4v) is 3.50. The van der Waals surface area contributed by atoms with E-state index in [0.717, 1.165) is 24.9 Å². The first-order valence-electron chi connectivity index (χ1n) is 5.58. The minimum atomic E-state index is -0.0116. The lowest BCUT2D eigenvalue weighted by molar-refractivity contribution is -0.968. The molecule has 2 saturated heterocycles. The molecule has 0 amide bonds. The van der Waals surface area contributed by atoms with Crippen molar-refractivity contribution in [2.24, 2.45) is 0 Å². The zero-order valence-electron chi connectivity index (χ0n) is 9.03. The number of hydrogen-bond donors (Lipinski definition) is 1. The molecule has 0 unspecified atom stereocenters. The van der Waals surface area contributed by atoms with Gasteiger partial charge in [-0.1, -0.05) is 0 Å². The molecule has 76 valence electrons. The highest BCUT2D eigenvalue weighted by molar-refractivity contribution is 4.86. The molecule has 2 bridgehead atoms. The van der Waals surface area contributed by atoms with Gasteiger partial charge in [0.05, 0.1) is 31.3 Å². The molecular formula is C11H22NO+. The summed E-state index contributed by atoms with van der Waals surface area (Å²) in [5, 5.41) is 9.69. The minimum Gasteiger partial charge on any atom is -0.393 e. The minimum absolute atomic E-state index is 0.0116. The lowest BCUT2D eigenvalue weighted by atomic mass is 9.95. The van der Waals surface area contributed by atoms with Crippen LogP contribution in [-0.4, -0.2) is 40.9 Å². The van der Waals surface area contributed by atoms with E-state index < -0.39 is 0 Å². The number of aliphatic hydroxyl groups is 1. The Hall–Kier alpha value is -0.0800. The largest absolute Gasteiger partial charge is 0.393 e. The van der Waals surface area contributed by atoms with E-state index in [1.807, 2.05) is 0 Å². The molecule has 2 aliphatic heterocycles. The number of aliphatic hydroxyl groups excluding tert-OH is 1. The van der Waals surface area contributed by atoms with E-state index in [0.29, 0.717) is 6.04 Å². The highest BCUT2D eigenvalue weighted by atomic mass is 16.3. The Bertz CT molecular complexity index is 188. The van der Waals surface area contributed by atoms with Crippen LogP contribution >= 0.6 is 0 Å². The quantitative estimate of drug-likeness (QED) is 0.613. The van der Waals surface area contributed by atoms with Crippen LogP contribution in [0.3, 0.4) is 0 Å². The summed E-state index contributed by atoms with van der Waals surface area (Å²) in [6, 6.07) is 2.17. The van der Waals surface area contributed by atoms with E-state index in [1.165, 1.54) is 17.3 Å². The lowest BCUT2D eigenvalue weighted by Crippen LogP contribution is -2.62. The normalized spacial score (nSPS) is 50.1. The Balaban J connectivity index is 2.23. The van der Waals surface area contributed by atoms with Gasteiger partial charge in [-0.25, -0.2) is 0 Å². The van der Waals surface area contributed by atoms with Gasteiger partial charge in [0.15, 0.2) is 0 Å².